The molecule has 120 valence electrons. The molecule has 2 rings (SSSR count). The maximum absolute atomic E-state index is 12.4. The molecule has 1 unspecified atom stereocenters. The van der Waals surface area contributed by atoms with Crippen molar-refractivity contribution in [3.8, 4) is 0 Å². The third-order valence-electron chi connectivity index (χ3n) is 3.86. The molecule has 0 saturated carbocycles. The first kappa shape index (κ1) is 17.0. The number of hydrogen-bond acceptors (Lipinski definition) is 3. The van der Waals surface area contributed by atoms with E-state index in [1.54, 1.807) is 30.1 Å². The second-order valence-electron chi connectivity index (χ2n) is 5.30. The molecular formula is C17H17ClN2O3. The van der Waals surface area contributed by atoms with Crippen molar-refractivity contribution in [2.75, 3.05) is 7.05 Å². The lowest BCUT2D eigenvalue weighted by Gasteiger charge is -2.25. The van der Waals surface area contributed by atoms with Gasteiger partial charge in [0.05, 0.1) is 17.4 Å². The van der Waals surface area contributed by atoms with E-state index in [0.29, 0.717) is 5.02 Å². The molecule has 6 heteroatoms. The highest BCUT2D eigenvalue weighted by Crippen LogP contribution is 2.23. The fourth-order valence-corrected chi connectivity index (χ4v) is 2.45. The van der Waals surface area contributed by atoms with Gasteiger partial charge in [0, 0.05) is 24.2 Å². The standard InChI is InChI=1S/C17H17ClN2O3/c1-12(13-7-9-15(10-8-13)20(22)23)19(2)17(21)11-14-5-3-4-6-16(14)18/h3-10,12H,11H2,1-2H3. The number of rotatable bonds is 5. The third-order valence-corrected chi connectivity index (χ3v) is 4.23. The molecule has 5 nitrogen and oxygen atoms in total. The number of carbonyl (C=O) groups excluding carboxylic acids is 1. The Hall–Kier alpha value is -2.40. The van der Waals surface area contributed by atoms with E-state index >= 15 is 0 Å². The van der Waals surface area contributed by atoms with E-state index in [1.807, 2.05) is 25.1 Å². The zero-order valence-electron chi connectivity index (χ0n) is 12.9. The highest BCUT2D eigenvalue weighted by molar-refractivity contribution is 6.31. The molecule has 0 aliphatic carbocycles. The summed E-state index contributed by atoms with van der Waals surface area (Å²) < 4.78 is 0. The fourth-order valence-electron chi connectivity index (χ4n) is 2.24. The average Bonchev–Trinajstić information content (AvgIpc) is 2.55. The first-order valence-corrected chi connectivity index (χ1v) is 7.51. The van der Waals surface area contributed by atoms with Gasteiger partial charge in [-0.2, -0.15) is 0 Å². The van der Waals surface area contributed by atoms with E-state index in [-0.39, 0.29) is 24.1 Å². The van der Waals surface area contributed by atoms with Gasteiger partial charge in [-0.05, 0) is 24.1 Å². The van der Waals surface area contributed by atoms with Crippen LogP contribution in [0.4, 0.5) is 5.69 Å². The van der Waals surface area contributed by atoms with Crippen LogP contribution in [0, 0.1) is 10.1 Å². The summed E-state index contributed by atoms with van der Waals surface area (Å²) in [5.74, 6) is -0.0658. The van der Waals surface area contributed by atoms with Crippen molar-refractivity contribution in [2.45, 2.75) is 19.4 Å². The van der Waals surface area contributed by atoms with Crippen molar-refractivity contribution in [1.29, 1.82) is 0 Å². The minimum atomic E-state index is -0.444. The summed E-state index contributed by atoms with van der Waals surface area (Å²) in [7, 11) is 1.71. The molecule has 0 spiro atoms. The molecule has 0 aliphatic rings. The summed E-state index contributed by atoms with van der Waals surface area (Å²) in [6, 6.07) is 13.3. The van der Waals surface area contributed by atoms with Gasteiger partial charge in [0.15, 0.2) is 0 Å². The highest BCUT2D eigenvalue weighted by atomic mass is 35.5. The first-order valence-electron chi connectivity index (χ1n) is 7.13. The molecule has 0 radical (unpaired) electrons. The smallest absolute Gasteiger partial charge is 0.269 e. The Morgan fingerprint density at radius 2 is 1.83 bits per heavy atom. The highest BCUT2D eigenvalue weighted by Gasteiger charge is 2.19. The number of likely N-dealkylation sites (N-methyl/N-ethyl adjacent to an activating group) is 1. The number of carbonyl (C=O) groups is 1. The van der Waals surface area contributed by atoms with Gasteiger partial charge in [-0.25, -0.2) is 0 Å². The van der Waals surface area contributed by atoms with Gasteiger partial charge in [-0.15, -0.1) is 0 Å². The number of hydrogen-bond donors (Lipinski definition) is 0. The SMILES string of the molecule is CC(c1ccc([N+](=O)[O-])cc1)N(C)C(=O)Cc1ccccc1Cl. The number of benzene rings is 2. The van der Waals surface area contributed by atoms with Crippen LogP contribution >= 0.6 is 11.6 Å². The van der Waals surface area contributed by atoms with Crippen molar-refractivity contribution in [2.24, 2.45) is 0 Å². The quantitative estimate of drug-likeness (QED) is 0.614. The monoisotopic (exact) mass is 332 g/mol. The molecule has 0 bridgehead atoms. The van der Waals surface area contributed by atoms with Gasteiger partial charge in [-0.1, -0.05) is 41.9 Å². The molecule has 0 N–H and O–H groups in total. The molecule has 2 aromatic carbocycles. The van der Waals surface area contributed by atoms with Crippen molar-refractivity contribution in [3.63, 3.8) is 0 Å². The van der Waals surface area contributed by atoms with E-state index in [1.165, 1.54) is 12.1 Å². The second kappa shape index (κ2) is 7.24. The van der Waals surface area contributed by atoms with E-state index in [4.69, 9.17) is 11.6 Å². The summed E-state index contributed by atoms with van der Waals surface area (Å²) in [4.78, 5) is 24.3. The van der Waals surface area contributed by atoms with Crippen LogP contribution in [-0.2, 0) is 11.2 Å². The van der Waals surface area contributed by atoms with E-state index in [0.717, 1.165) is 11.1 Å². The van der Waals surface area contributed by atoms with E-state index < -0.39 is 4.92 Å². The molecule has 0 aromatic heterocycles. The maximum Gasteiger partial charge on any atom is 0.269 e. The zero-order valence-corrected chi connectivity index (χ0v) is 13.7. The minimum absolute atomic E-state index is 0.0333. The van der Waals surface area contributed by atoms with Gasteiger partial charge in [0.1, 0.15) is 0 Å². The number of amides is 1. The van der Waals surface area contributed by atoms with Crippen LogP contribution in [0.1, 0.15) is 24.1 Å². The average molecular weight is 333 g/mol. The van der Waals surface area contributed by atoms with Gasteiger partial charge < -0.3 is 4.90 Å². The van der Waals surface area contributed by atoms with Crippen LogP contribution in [0.2, 0.25) is 5.02 Å². The van der Waals surface area contributed by atoms with Crippen molar-refractivity contribution in [1.82, 2.24) is 4.90 Å². The van der Waals surface area contributed by atoms with Crippen LogP contribution in [0.5, 0.6) is 0 Å². The molecule has 23 heavy (non-hydrogen) atoms. The first-order chi connectivity index (χ1) is 10.9. The second-order valence-corrected chi connectivity index (χ2v) is 5.70. The Kier molecular flexibility index (Phi) is 5.34. The number of nitro groups is 1. The van der Waals surface area contributed by atoms with Crippen LogP contribution in [0.3, 0.4) is 0 Å². The van der Waals surface area contributed by atoms with Gasteiger partial charge >= 0.3 is 0 Å². The number of nitro benzene ring substituents is 1. The van der Waals surface area contributed by atoms with Crippen LogP contribution in [0.25, 0.3) is 0 Å². The molecule has 0 fully saturated rings. The fraction of sp³-hybridized carbons (Fsp3) is 0.235. The molecular weight excluding hydrogens is 316 g/mol. The molecule has 1 amide bonds. The lowest BCUT2D eigenvalue weighted by Crippen LogP contribution is -2.31. The lowest BCUT2D eigenvalue weighted by molar-refractivity contribution is -0.384. The summed E-state index contributed by atoms with van der Waals surface area (Å²) in [6.07, 6.45) is 0.216. The summed E-state index contributed by atoms with van der Waals surface area (Å²) in [5.41, 5.74) is 1.65. The van der Waals surface area contributed by atoms with E-state index in [2.05, 4.69) is 0 Å². The Labute approximate surface area is 139 Å². The van der Waals surface area contributed by atoms with Crippen molar-refractivity contribution >= 4 is 23.2 Å². The van der Waals surface area contributed by atoms with Gasteiger partial charge in [-0.3, -0.25) is 14.9 Å². The Bertz CT molecular complexity index is 716. The minimum Gasteiger partial charge on any atom is -0.339 e. The van der Waals surface area contributed by atoms with Crippen LogP contribution < -0.4 is 0 Å². The molecule has 1 atom stereocenters. The van der Waals surface area contributed by atoms with Crippen LogP contribution in [0.15, 0.2) is 48.5 Å². The summed E-state index contributed by atoms with van der Waals surface area (Å²) in [6.45, 7) is 1.88. The number of non-ortho nitro benzene ring substituents is 1. The Balaban J connectivity index is 2.09. The third kappa shape index (κ3) is 4.07. The molecule has 2 aromatic rings. The van der Waals surface area contributed by atoms with Crippen molar-refractivity contribution in [3.05, 3.63) is 74.8 Å². The molecule has 0 aliphatic heterocycles. The normalized spacial score (nSPS) is 11.8. The molecule has 0 saturated heterocycles. The number of nitrogens with zero attached hydrogens (tertiary/aromatic N) is 2. The lowest BCUT2D eigenvalue weighted by atomic mass is 10.1. The summed E-state index contributed by atoms with van der Waals surface area (Å²) in [5, 5.41) is 11.3. The summed E-state index contributed by atoms with van der Waals surface area (Å²) >= 11 is 6.08. The van der Waals surface area contributed by atoms with Gasteiger partial charge in [0.25, 0.3) is 5.69 Å². The largest absolute Gasteiger partial charge is 0.339 e. The zero-order chi connectivity index (χ0) is 17.0. The Morgan fingerprint density at radius 3 is 2.39 bits per heavy atom. The Morgan fingerprint density at radius 1 is 1.22 bits per heavy atom. The van der Waals surface area contributed by atoms with Crippen LogP contribution in [-0.4, -0.2) is 22.8 Å². The topological polar surface area (TPSA) is 63.5 Å². The van der Waals surface area contributed by atoms with Crippen molar-refractivity contribution < 1.29 is 9.72 Å². The molecule has 0 heterocycles. The predicted octanol–water partition coefficient (Wildman–Crippen LogP) is 4.01. The number of halogens is 1. The predicted molar refractivity (Wildman–Crippen MR) is 89.4 cm³/mol. The maximum atomic E-state index is 12.4. The van der Waals surface area contributed by atoms with Gasteiger partial charge in [0.2, 0.25) is 5.91 Å². The van der Waals surface area contributed by atoms with E-state index in [9.17, 15) is 14.9 Å².